The van der Waals surface area contributed by atoms with E-state index in [2.05, 4.69) is 57.2 Å². The molecule has 92 valence electrons. The minimum Gasteiger partial charge on any atom is -0.301 e. The van der Waals surface area contributed by atoms with E-state index in [0.717, 1.165) is 6.54 Å². The maximum absolute atomic E-state index is 3.65. The highest BCUT2D eigenvalue weighted by Gasteiger charge is 2.15. The molecule has 3 aromatic heterocycles. The van der Waals surface area contributed by atoms with Crippen molar-refractivity contribution in [3.8, 4) is 0 Å². The minimum absolute atomic E-state index is 0.324. The molecule has 0 atom stereocenters. The first kappa shape index (κ1) is 12.1. The average Bonchev–Trinajstić information content (AvgIpc) is 3.14. The molecule has 1 N–H and O–H groups in total. The summed E-state index contributed by atoms with van der Waals surface area (Å²) in [7, 11) is 0. The third kappa shape index (κ3) is 2.72. The van der Waals surface area contributed by atoms with E-state index in [-0.39, 0.29) is 0 Å². The maximum atomic E-state index is 3.65. The van der Waals surface area contributed by atoms with Gasteiger partial charge in [-0.1, -0.05) is 12.1 Å². The van der Waals surface area contributed by atoms with Crippen LogP contribution in [0.4, 0.5) is 0 Å². The molecule has 3 heterocycles. The van der Waals surface area contributed by atoms with Crippen molar-refractivity contribution >= 4 is 34.0 Å². The van der Waals surface area contributed by atoms with Gasteiger partial charge in [-0.2, -0.15) is 11.3 Å². The summed E-state index contributed by atoms with van der Waals surface area (Å²) < 4.78 is 0. The molecule has 0 aliphatic carbocycles. The van der Waals surface area contributed by atoms with Crippen LogP contribution >= 0.6 is 34.0 Å². The van der Waals surface area contributed by atoms with Crippen LogP contribution in [0.5, 0.6) is 0 Å². The van der Waals surface area contributed by atoms with Crippen LogP contribution in [0.25, 0.3) is 0 Å². The van der Waals surface area contributed by atoms with Gasteiger partial charge in [0.25, 0.3) is 0 Å². The summed E-state index contributed by atoms with van der Waals surface area (Å²) in [6.07, 6.45) is 0. The van der Waals surface area contributed by atoms with Crippen molar-refractivity contribution in [1.29, 1.82) is 0 Å². The smallest absolute Gasteiger partial charge is 0.0767 e. The summed E-state index contributed by atoms with van der Waals surface area (Å²) in [5.41, 5.74) is 1.36. The lowest BCUT2D eigenvalue weighted by atomic mass is 10.2. The molecule has 0 aliphatic heterocycles. The van der Waals surface area contributed by atoms with E-state index in [1.165, 1.54) is 15.3 Å². The largest absolute Gasteiger partial charge is 0.301 e. The monoisotopic (exact) mass is 291 g/mol. The van der Waals surface area contributed by atoms with Gasteiger partial charge in [0.05, 0.1) is 6.04 Å². The first-order chi connectivity index (χ1) is 8.93. The Kier molecular flexibility index (Phi) is 3.90. The predicted molar refractivity (Wildman–Crippen MR) is 81.6 cm³/mol. The first-order valence-electron chi connectivity index (χ1n) is 5.75. The third-order valence-corrected chi connectivity index (χ3v) is 5.35. The van der Waals surface area contributed by atoms with Gasteiger partial charge in [0, 0.05) is 16.3 Å². The standard InChI is InChI=1S/C14H13NS3/c1-3-12(17-6-1)14(13-4-2-7-18-13)15-9-11-5-8-16-10-11/h1-8,10,14-15H,9H2. The van der Waals surface area contributed by atoms with E-state index >= 15 is 0 Å². The minimum atomic E-state index is 0.324. The van der Waals surface area contributed by atoms with E-state index in [4.69, 9.17) is 0 Å². The van der Waals surface area contributed by atoms with Gasteiger partial charge < -0.3 is 5.32 Å². The van der Waals surface area contributed by atoms with Crippen LogP contribution in [-0.2, 0) is 6.54 Å². The zero-order valence-electron chi connectivity index (χ0n) is 9.71. The number of rotatable bonds is 5. The van der Waals surface area contributed by atoms with Crippen molar-refractivity contribution in [3.05, 3.63) is 67.2 Å². The van der Waals surface area contributed by atoms with Crippen molar-refractivity contribution in [2.45, 2.75) is 12.6 Å². The summed E-state index contributed by atoms with van der Waals surface area (Å²) in [6, 6.07) is 11.1. The van der Waals surface area contributed by atoms with Crippen LogP contribution in [0.1, 0.15) is 21.4 Å². The van der Waals surface area contributed by atoms with Crippen LogP contribution in [0, 0.1) is 0 Å². The second-order valence-corrected chi connectivity index (χ2v) is 6.71. The second kappa shape index (κ2) is 5.80. The lowest BCUT2D eigenvalue weighted by Gasteiger charge is -2.15. The molecule has 0 spiro atoms. The molecule has 3 aromatic rings. The van der Waals surface area contributed by atoms with Crippen LogP contribution in [0.2, 0.25) is 0 Å². The highest BCUT2D eigenvalue weighted by molar-refractivity contribution is 7.11. The van der Waals surface area contributed by atoms with Gasteiger partial charge in [-0.25, -0.2) is 0 Å². The molecule has 18 heavy (non-hydrogen) atoms. The normalized spacial score (nSPS) is 11.2. The summed E-state index contributed by atoms with van der Waals surface area (Å²) in [5.74, 6) is 0. The van der Waals surface area contributed by atoms with E-state index < -0.39 is 0 Å². The van der Waals surface area contributed by atoms with Gasteiger partial charge in [0.2, 0.25) is 0 Å². The van der Waals surface area contributed by atoms with E-state index in [0.29, 0.717) is 6.04 Å². The Labute approximate surface area is 119 Å². The SMILES string of the molecule is c1csc(C(NCc2ccsc2)c2cccs2)c1. The molecule has 0 aromatic carbocycles. The van der Waals surface area contributed by atoms with Gasteiger partial charge in [-0.15, -0.1) is 22.7 Å². The van der Waals surface area contributed by atoms with Gasteiger partial charge in [-0.3, -0.25) is 0 Å². The van der Waals surface area contributed by atoms with Crippen molar-refractivity contribution in [1.82, 2.24) is 5.32 Å². The number of hydrogen-bond acceptors (Lipinski definition) is 4. The Bertz CT molecular complexity index is 518. The molecule has 1 nitrogen and oxygen atoms in total. The molecule has 0 saturated carbocycles. The van der Waals surface area contributed by atoms with E-state index in [9.17, 15) is 0 Å². The molecule has 0 aliphatic rings. The number of thiophene rings is 3. The third-order valence-electron chi connectivity index (χ3n) is 2.75. The van der Waals surface area contributed by atoms with Gasteiger partial charge in [-0.05, 0) is 45.3 Å². The zero-order valence-corrected chi connectivity index (χ0v) is 12.2. The quantitative estimate of drug-likeness (QED) is 0.715. The topological polar surface area (TPSA) is 12.0 Å². The van der Waals surface area contributed by atoms with Gasteiger partial charge >= 0.3 is 0 Å². The van der Waals surface area contributed by atoms with Crippen LogP contribution in [0.15, 0.2) is 51.9 Å². The molecular formula is C14H13NS3. The molecule has 0 amide bonds. The fourth-order valence-corrected chi connectivity index (χ4v) is 4.24. The predicted octanol–water partition coefficient (Wildman–Crippen LogP) is 4.75. The Morgan fingerprint density at radius 2 is 1.67 bits per heavy atom. The van der Waals surface area contributed by atoms with Crippen LogP contribution in [0.3, 0.4) is 0 Å². The maximum Gasteiger partial charge on any atom is 0.0767 e. The lowest BCUT2D eigenvalue weighted by molar-refractivity contribution is 0.622. The van der Waals surface area contributed by atoms with Crippen molar-refractivity contribution in [3.63, 3.8) is 0 Å². The van der Waals surface area contributed by atoms with E-state index in [1.54, 1.807) is 11.3 Å². The van der Waals surface area contributed by atoms with Crippen LogP contribution in [-0.4, -0.2) is 0 Å². The van der Waals surface area contributed by atoms with Gasteiger partial charge in [0.1, 0.15) is 0 Å². The zero-order chi connectivity index (χ0) is 12.2. The molecule has 0 fully saturated rings. The Balaban J connectivity index is 1.78. The first-order valence-corrected chi connectivity index (χ1v) is 8.45. The summed E-state index contributed by atoms with van der Waals surface area (Å²) in [6.45, 7) is 0.921. The molecule has 0 unspecified atom stereocenters. The van der Waals surface area contributed by atoms with Crippen LogP contribution < -0.4 is 5.32 Å². The Morgan fingerprint density at radius 3 is 2.17 bits per heavy atom. The summed E-state index contributed by atoms with van der Waals surface area (Å²) >= 11 is 5.38. The molecule has 3 rings (SSSR count). The van der Waals surface area contributed by atoms with Crippen molar-refractivity contribution in [2.24, 2.45) is 0 Å². The molecule has 0 bridgehead atoms. The fraction of sp³-hybridized carbons (Fsp3) is 0.143. The summed E-state index contributed by atoms with van der Waals surface area (Å²) in [5, 5.41) is 12.3. The van der Waals surface area contributed by atoms with Crippen molar-refractivity contribution in [2.75, 3.05) is 0 Å². The highest BCUT2D eigenvalue weighted by Crippen LogP contribution is 2.29. The highest BCUT2D eigenvalue weighted by atomic mass is 32.1. The lowest BCUT2D eigenvalue weighted by Crippen LogP contribution is -2.19. The van der Waals surface area contributed by atoms with E-state index in [1.807, 2.05) is 22.7 Å². The number of nitrogens with one attached hydrogen (secondary N) is 1. The average molecular weight is 291 g/mol. The molecule has 4 heteroatoms. The second-order valence-electron chi connectivity index (χ2n) is 3.98. The molecular weight excluding hydrogens is 278 g/mol. The Hall–Kier alpha value is -0.940. The number of hydrogen-bond donors (Lipinski definition) is 1. The van der Waals surface area contributed by atoms with Gasteiger partial charge in [0.15, 0.2) is 0 Å². The molecule has 0 radical (unpaired) electrons. The Morgan fingerprint density at radius 1 is 0.944 bits per heavy atom. The van der Waals surface area contributed by atoms with Crippen molar-refractivity contribution < 1.29 is 0 Å². The fourth-order valence-electron chi connectivity index (χ4n) is 1.87. The molecule has 0 saturated heterocycles. The summed E-state index contributed by atoms with van der Waals surface area (Å²) in [4.78, 5) is 2.76.